The number of hydrogen-bond acceptors (Lipinski definition) is 10. The molecule has 3 saturated carbocycles. The molecule has 0 bridgehead atoms. The van der Waals surface area contributed by atoms with Gasteiger partial charge in [0.25, 0.3) is 5.91 Å². The van der Waals surface area contributed by atoms with Crippen LogP contribution in [0.4, 0.5) is 0 Å². The predicted molar refractivity (Wildman–Crippen MR) is 155 cm³/mol. The first-order chi connectivity index (χ1) is 20.5. The second kappa shape index (κ2) is 11.3. The standard InChI is InChI=1S/C30H39N7O6/c1-29(2,40)16-42-23-6-5-22-18(14-34-37(22)25(23)17-3-4-17)9-24(38)35-19-10-30(11-19)12-20(13-30)43-27-21(26(32)39)15-33-28(36-27)41-8-7-31/h5-6,14-15,17,19-20,40H,3-4,7-13,16,31H2,1-2H3,(H2,32,39)(H,35,38). The summed E-state index contributed by atoms with van der Waals surface area (Å²) in [5, 5.41) is 17.9. The summed E-state index contributed by atoms with van der Waals surface area (Å²) in [5.74, 6) is 0.508. The van der Waals surface area contributed by atoms with E-state index < -0.39 is 11.5 Å². The maximum Gasteiger partial charge on any atom is 0.319 e. The van der Waals surface area contributed by atoms with Gasteiger partial charge in [0.05, 0.1) is 35.6 Å². The van der Waals surface area contributed by atoms with Gasteiger partial charge in [-0.05, 0) is 69.9 Å². The van der Waals surface area contributed by atoms with Crippen molar-refractivity contribution in [3.63, 3.8) is 0 Å². The van der Waals surface area contributed by atoms with Crippen LogP contribution in [0.2, 0.25) is 0 Å². The quantitative estimate of drug-likeness (QED) is 0.227. The number of nitrogens with one attached hydrogen (secondary N) is 1. The number of aromatic nitrogens is 4. The fraction of sp³-hybridized carbons (Fsp3) is 0.567. The Bertz CT molecular complexity index is 1520. The Morgan fingerprint density at radius 1 is 1.16 bits per heavy atom. The molecule has 1 spiro atoms. The molecule has 3 fully saturated rings. The number of hydrogen-bond donors (Lipinski definition) is 4. The molecule has 0 unspecified atom stereocenters. The lowest BCUT2D eigenvalue weighted by Crippen LogP contribution is -2.59. The molecular weight excluding hydrogens is 554 g/mol. The molecule has 13 nitrogen and oxygen atoms in total. The topological polar surface area (TPSA) is 189 Å². The van der Waals surface area contributed by atoms with Crippen molar-refractivity contribution in [1.29, 1.82) is 0 Å². The highest BCUT2D eigenvalue weighted by atomic mass is 16.5. The van der Waals surface area contributed by atoms with E-state index in [0.717, 1.165) is 61.0 Å². The number of aliphatic hydroxyl groups is 1. The van der Waals surface area contributed by atoms with E-state index in [-0.39, 0.29) is 60.6 Å². The number of nitrogens with zero attached hydrogens (tertiary/aromatic N) is 4. The van der Waals surface area contributed by atoms with E-state index in [1.54, 1.807) is 20.0 Å². The fourth-order valence-electron chi connectivity index (χ4n) is 6.20. The number of pyridine rings is 1. The zero-order valence-electron chi connectivity index (χ0n) is 24.5. The van der Waals surface area contributed by atoms with Crippen LogP contribution in [-0.2, 0) is 11.2 Å². The number of carbonyl (C=O) groups is 2. The van der Waals surface area contributed by atoms with Gasteiger partial charge in [0.1, 0.15) is 30.6 Å². The maximum absolute atomic E-state index is 13.0. The molecule has 0 atom stereocenters. The van der Waals surface area contributed by atoms with Crippen LogP contribution in [0.1, 0.15) is 79.9 Å². The minimum absolute atomic E-state index is 0.0331. The molecule has 0 radical (unpaired) electrons. The van der Waals surface area contributed by atoms with Crippen LogP contribution in [0.5, 0.6) is 17.6 Å². The molecule has 3 aromatic heterocycles. The number of nitrogens with two attached hydrogens (primary N) is 2. The highest BCUT2D eigenvalue weighted by Crippen LogP contribution is 2.57. The summed E-state index contributed by atoms with van der Waals surface area (Å²) in [6, 6.07) is 4.05. The van der Waals surface area contributed by atoms with Gasteiger partial charge < -0.3 is 36.1 Å². The number of fused-ring (bicyclic) bond motifs is 1. The number of carbonyl (C=O) groups excluding carboxylic acids is 2. The first kappa shape index (κ1) is 29.1. The van der Waals surface area contributed by atoms with E-state index in [1.807, 2.05) is 16.6 Å². The Labute approximate surface area is 249 Å². The Balaban J connectivity index is 1.02. The summed E-state index contributed by atoms with van der Waals surface area (Å²) >= 11 is 0. The predicted octanol–water partition coefficient (Wildman–Crippen LogP) is 1.64. The normalized spacial score (nSPS) is 23.0. The van der Waals surface area contributed by atoms with Crippen molar-refractivity contribution in [2.75, 3.05) is 19.8 Å². The molecule has 43 heavy (non-hydrogen) atoms. The average Bonchev–Trinajstić information content (AvgIpc) is 3.67. The number of primary amides is 1. The number of amides is 2. The lowest BCUT2D eigenvalue weighted by Gasteiger charge is -2.57. The van der Waals surface area contributed by atoms with Crippen molar-refractivity contribution in [1.82, 2.24) is 24.9 Å². The highest BCUT2D eigenvalue weighted by Gasteiger charge is 2.54. The van der Waals surface area contributed by atoms with Gasteiger partial charge in [-0.2, -0.15) is 10.1 Å². The molecule has 0 aliphatic heterocycles. The van der Waals surface area contributed by atoms with Crippen LogP contribution >= 0.6 is 0 Å². The van der Waals surface area contributed by atoms with Gasteiger partial charge in [-0.1, -0.05) is 0 Å². The van der Waals surface area contributed by atoms with Crippen molar-refractivity contribution in [2.45, 2.75) is 82.5 Å². The lowest BCUT2D eigenvalue weighted by atomic mass is 9.53. The first-order valence-electron chi connectivity index (χ1n) is 14.8. The summed E-state index contributed by atoms with van der Waals surface area (Å²) < 4.78 is 19.2. The summed E-state index contributed by atoms with van der Waals surface area (Å²) in [5.41, 5.74) is 13.0. The molecule has 0 saturated heterocycles. The minimum Gasteiger partial charge on any atom is -0.489 e. The molecule has 3 aromatic rings. The molecule has 3 aliphatic carbocycles. The molecule has 6 N–H and O–H groups in total. The Morgan fingerprint density at radius 2 is 1.93 bits per heavy atom. The van der Waals surface area contributed by atoms with Crippen molar-refractivity contribution in [3.05, 3.63) is 41.3 Å². The summed E-state index contributed by atoms with van der Waals surface area (Å²) in [4.78, 5) is 33.0. The van der Waals surface area contributed by atoms with Crippen LogP contribution in [0.3, 0.4) is 0 Å². The molecular formula is C30H39N7O6. The van der Waals surface area contributed by atoms with E-state index in [9.17, 15) is 14.7 Å². The van der Waals surface area contributed by atoms with Gasteiger partial charge in [0, 0.05) is 24.1 Å². The van der Waals surface area contributed by atoms with Gasteiger partial charge in [-0.3, -0.25) is 9.59 Å². The fourth-order valence-corrected chi connectivity index (χ4v) is 6.20. The highest BCUT2D eigenvalue weighted by molar-refractivity contribution is 5.94. The van der Waals surface area contributed by atoms with Gasteiger partial charge in [-0.25, -0.2) is 9.50 Å². The van der Waals surface area contributed by atoms with Crippen LogP contribution in [-0.4, -0.2) is 74.0 Å². The molecule has 3 aliphatic rings. The number of rotatable bonds is 13. The van der Waals surface area contributed by atoms with Crippen molar-refractivity contribution >= 4 is 17.3 Å². The average molecular weight is 594 g/mol. The smallest absolute Gasteiger partial charge is 0.319 e. The van der Waals surface area contributed by atoms with E-state index in [2.05, 4.69) is 20.4 Å². The van der Waals surface area contributed by atoms with Crippen LogP contribution in [0, 0.1) is 5.41 Å². The second-order valence-electron chi connectivity index (χ2n) is 12.8. The molecule has 230 valence electrons. The van der Waals surface area contributed by atoms with E-state index in [4.69, 9.17) is 25.7 Å². The van der Waals surface area contributed by atoms with Crippen LogP contribution in [0.25, 0.3) is 5.52 Å². The van der Waals surface area contributed by atoms with Crippen molar-refractivity contribution in [2.24, 2.45) is 16.9 Å². The Kier molecular flexibility index (Phi) is 7.63. The lowest BCUT2D eigenvalue weighted by molar-refractivity contribution is -0.127. The SMILES string of the molecule is CC(C)(O)COc1ccc2c(CC(=O)NC3CC4(C3)CC(Oc3nc(OCCN)ncc3C(N)=O)C4)cnn2c1C1CC1. The third-order valence-electron chi connectivity index (χ3n) is 8.33. The Morgan fingerprint density at radius 3 is 2.60 bits per heavy atom. The first-order valence-corrected chi connectivity index (χ1v) is 14.8. The third-order valence-corrected chi connectivity index (χ3v) is 8.33. The number of ether oxygens (including phenoxy) is 3. The molecule has 2 amide bonds. The van der Waals surface area contributed by atoms with Crippen molar-refractivity contribution < 1.29 is 28.9 Å². The molecule has 0 aromatic carbocycles. The van der Waals surface area contributed by atoms with Gasteiger partial charge in [0.15, 0.2) is 0 Å². The van der Waals surface area contributed by atoms with Crippen molar-refractivity contribution in [3.8, 4) is 17.6 Å². The molecule has 6 rings (SSSR count). The molecule has 13 heteroatoms. The zero-order valence-corrected chi connectivity index (χ0v) is 24.5. The third kappa shape index (κ3) is 6.37. The van der Waals surface area contributed by atoms with Crippen LogP contribution in [0.15, 0.2) is 24.5 Å². The van der Waals surface area contributed by atoms with Gasteiger partial charge >= 0.3 is 6.01 Å². The minimum atomic E-state index is -0.939. The van der Waals surface area contributed by atoms with E-state index in [1.165, 1.54) is 6.20 Å². The largest absolute Gasteiger partial charge is 0.489 e. The van der Waals surface area contributed by atoms with Gasteiger partial charge in [-0.15, -0.1) is 0 Å². The summed E-state index contributed by atoms with van der Waals surface area (Å²) in [7, 11) is 0. The van der Waals surface area contributed by atoms with E-state index in [0.29, 0.717) is 12.5 Å². The molecule has 3 heterocycles. The Hall–Kier alpha value is -3.97. The summed E-state index contributed by atoms with van der Waals surface area (Å²) in [6.07, 6.45) is 8.69. The zero-order chi connectivity index (χ0) is 30.4. The van der Waals surface area contributed by atoms with Gasteiger partial charge in [0.2, 0.25) is 11.8 Å². The second-order valence-corrected chi connectivity index (χ2v) is 12.8. The maximum atomic E-state index is 13.0. The van der Waals surface area contributed by atoms with Crippen LogP contribution < -0.4 is 31.0 Å². The van der Waals surface area contributed by atoms with E-state index >= 15 is 0 Å². The summed E-state index contributed by atoms with van der Waals surface area (Å²) in [6.45, 7) is 4.16. The monoisotopic (exact) mass is 593 g/mol.